The largest absolute Gasteiger partial charge is 0.380 e. The molecule has 0 bridgehead atoms. The Labute approximate surface area is 180 Å². The minimum atomic E-state index is -0.324. The molecule has 7 heteroatoms. The molecule has 4 rings (SSSR count). The van der Waals surface area contributed by atoms with Gasteiger partial charge in [-0.3, -0.25) is 9.59 Å². The molecule has 1 aromatic heterocycles. The molecule has 30 heavy (non-hydrogen) atoms. The highest BCUT2D eigenvalue weighted by Crippen LogP contribution is 2.35. The Morgan fingerprint density at radius 2 is 1.77 bits per heavy atom. The number of ether oxygens (including phenoxy) is 1. The van der Waals surface area contributed by atoms with E-state index in [1.54, 1.807) is 13.2 Å². The minimum absolute atomic E-state index is 0.000698. The molecule has 2 aromatic rings. The number of benzene rings is 1. The summed E-state index contributed by atoms with van der Waals surface area (Å²) in [6, 6.07) is 4.92. The van der Waals surface area contributed by atoms with Gasteiger partial charge in [0.05, 0.1) is 11.5 Å². The standard InChI is InChI=1S/C23H29FN2O3S/c1-15-6-10-25(11-7-15)22(27)16-8-12-26(13-9-16)23(28)21-17(14-29-2)20-18(24)4-3-5-19(20)30-21/h3-5,15-16H,6-14H2,1-2H3. The van der Waals surface area contributed by atoms with Crippen molar-refractivity contribution in [2.45, 2.75) is 39.2 Å². The van der Waals surface area contributed by atoms with E-state index in [4.69, 9.17) is 4.74 Å². The second kappa shape index (κ2) is 9.02. The summed E-state index contributed by atoms with van der Waals surface area (Å²) in [5, 5.41) is 0.483. The number of carbonyl (C=O) groups excluding carboxylic acids is 2. The highest BCUT2D eigenvalue weighted by molar-refractivity contribution is 7.21. The van der Waals surface area contributed by atoms with Crippen molar-refractivity contribution >= 4 is 33.2 Å². The van der Waals surface area contributed by atoms with E-state index in [0.717, 1.165) is 30.6 Å². The Morgan fingerprint density at radius 1 is 1.10 bits per heavy atom. The van der Waals surface area contributed by atoms with Gasteiger partial charge in [-0.25, -0.2) is 4.39 Å². The molecule has 0 aliphatic carbocycles. The lowest BCUT2D eigenvalue weighted by atomic mass is 9.92. The first kappa shape index (κ1) is 21.2. The van der Waals surface area contributed by atoms with Crippen LogP contribution in [0.5, 0.6) is 0 Å². The van der Waals surface area contributed by atoms with Crippen molar-refractivity contribution in [3.05, 3.63) is 34.5 Å². The third-order valence-corrected chi connectivity index (χ3v) is 7.66. The number of methoxy groups -OCH3 is 1. The highest BCUT2D eigenvalue weighted by Gasteiger charge is 2.33. The molecule has 0 atom stereocenters. The molecule has 0 N–H and O–H groups in total. The number of hydrogen-bond acceptors (Lipinski definition) is 4. The van der Waals surface area contributed by atoms with E-state index < -0.39 is 0 Å². The zero-order chi connectivity index (χ0) is 21.3. The van der Waals surface area contributed by atoms with E-state index in [-0.39, 0.29) is 30.2 Å². The van der Waals surface area contributed by atoms with Gasteiger partial charge in [0.25, 0.3) is 5.91 Å². The number of amides is 2. The molecule has 0 spiro atoms. The highest BCUT2D eigenvalue weighted by atomic mass is 32.1. The maximum atomic E-state index is 14.4. The molecule has 5 nitrogen and oxygen atoms in total. The van der Waals surface area contributed by atoms with Crippen LogP contribution >= 0.6 is 11.3 Å². The fourth-order valence-corrected chi connectivity index (χ4v) is 5.77. The van der Waals surface area contributed by atoms with Crippen molar-refractivity contribution in [1.82, 2.24) is 9.80 Å². The Kier molecular flexibility index (Phi) is 6.39. The third-order valence-electron chi connectivity index (χ3n) is 6.47. The molecule has 0 saturated carbocycles. The average molecular weight is 433 g/mol. The fourth-order valence-electron chi connectivity index (χ4n) is 4.58. The molecular formula is C23H29FN2O3S. The van der Waals surface area contributed by atoms with E-state index in [0.29, 0.717) is 47.7 Å². The predicted molar refractivity (Wildman–Crippen MR) is 116 cm³/mol. The maximum absolute atomic E-state index is 14.4. The first-order chi connectivity index (χ1) is 14.5. The minimum Gasteiger partial charge on any atom is -0.380 e. The van der Waals surface area contributed by atoms with Crippen molar-refractivity contribution in [2.75, 3.05) is 33.3 Å². The van der Waals surface area contributed by atoms with Crippen molar-refractivity contribution in [1.29, 1.82) is 0 Å². The number of thiophene rings is 1. The quantitative estimate of drug-likeness (QED) is 0.724. The number of carbonyl (C=O) groups is 2. The smallest absolute Gasteiger partial charge is 0.264 e. The van der Waals surface area contributed by atoms with Crippen LogP contribution in [0.3, 0.4) is 0 Å². The summed E-state index contributed by atoms with van der Waals surface area (Å²) in [4.78, 5) is 30.5. The Morgan fingerprint density at radius 3 is 2.43 bits per heavy atom. The van der Waals surface area contributed by atoms with Crippen LogP contribution in [0, 0.1) is 17.7 Å². The van der Waals surface area contributed by atoms with Gasteiger partial charge in [0, 0.05) is 54.9 Å². The van der Waals surface area contributed by atoms with Crippen LogP contribution in [-0.4, -0.2) is 54.9 Å². The van der Waals surface area contributed by atoms with Crippen LogP contribution in [0.25, 0.3) is 10.1 Å². The topological polar surface area (TPSA) is 49.9 Å². The number of hydrogen-bond donors (Lipinski definition) is 0. The zero-order valence-corrected chi connectivity index (χ0v) is 18.5. The SMILES string of the molecule is COCc1c(C(=O)N2CCC(C(=O)N3CCC(C)CC3)CC2)sc2cccc(F)c12. The molecule has 0 radical (unpaired) electrons. The van der Waals surface area contributed by atoms with Crippen LogP contribution in [-0.2, 0) is 16.1 Å². The number of rotatable bonds is 4. The average Bonchev–Trinajstić information content (AvgIpc) is 3.13. The molecule has 0 unspecified atom stereocenters. The van der Waals surface area contributed by atoms with Crippen LogP contribution in [0.15, 0.2) is 18.2 Å². The molecule has 3 heterocycles. The van der Waals surface area contributed by atoms with Crippen LogP contribution in [0.1, 0.15) is 47.8 Å². The van der Waals surface area contributed by atoms with Crippen molar-refractivity contribution in [3.63, 3.8) is 0 Å². The first-order valence-corrected chi connectivity index (χ1v) is 11.6. The number of piperidine rings is 2. The van der Waals surface area contributed by atoms with Crippen molar-refractivity contribution < 1.29 is 18.7 Å². The van der Waals surface area contributed by atoms with Gasteiger partial charge < -0.3 is 14.5 Å². The van der Waals surface area contributed by atoms with Gasteiger partial charge in [-0.1, -0.05) is 13.0 Å². The summed E-state index contributed by atoms with van der Waals surface area (Å²) in [6.45, 7) is 5.26. The Hall–Kier alpha value is -1.99. The first-order valence-electron chi connectivity index (χ1n) is 10.8. The summed E-state index contributed by atoms with van der Waals surface area (Å²) in [5.74, 6) is 0.537. The number of fused-ring (bicyclic) bond motifs is 1. The summed E-state index contributed by atoms with van der Waals surface area (Å²) in [7, 11) is 1.55. The monoisotopic (exact) mass is 432 g/mol. The lowest BCUT2D eigenvalue weighted by molar-refractivity contribution is -0.138. The second-order valence-corrected chi connectivity index (χ2v) is 9.58. The van der Waals surface area contributed by atoms with Crippen molar-refractivity contribution in [3.8, 4) is 0 Å². The van der Waals surface area contributed by atoms with Gasteiger partial charge in [0.2, 0.25) is 5.91 Å². The summed E-state index contributed by atoms with van der Waals surface area (Å²) in [5.41, 5.74) is 0.626. The molecule has 1 aromatic carbocycles. The van der Waals surface area contributed by atoms with Crippen LogP contribution in [0.2, 0.25) is 0 Å². The lowest BCUT2D eigenvalue weighted by Crippen LogP contribution is -2.46. The van der Waals surface area contributed by atoms with Crippen LogP contribution < -0.4 is 0 Å². The maximum Gasteiger partial charge on any atom is 0.264 e. The van der Waals surface area contributed by atoms with E-state index in [1.165, 1.54) is 17.4 Å². The number of likely N-dealkylation sites (tertiary alicyclic amines) is 2. The van der Waals surface area contributed by atoms with E-state index >= 15 is 0 Å². The number of halogens is 1. The van der Waals surface area contributed by atoms with Gasteiger partial charge in [0.15, 0.2) is 0 Å². The van der Waals surface area contributed by atoms with Gasteiger partial charge >= 0.3 is 0 Å². The predicted octanol–water partition coefficient (Wildman–Crippen LogP) is 4.30. The molecule has 2 aliphatic rings. The van der Waals surface area contributed by atoms with Crippen molar-refractivity contribution in [2.24, 2.45) is 11.8 Å². The van der Waals surface area contributed by atoms with E-state index in [1.807, 2.05) is 15.9 Å². The second-order valence-electron chi connectivity index (χ2n) is 8.53. The molecule has 2 aliphatic heterocycles. The molecule has 162 valence electrons. The zero-order valence-electron chi connectivity index (χ0n) is 17.7. The summed E-state index contributed by atoms with van der Waals surface area (Å²) >= 11 is 1.32. The lowest BCUT2D eigenvalue weighted by Gasteiger charge is -2.36. The van der Waals surface area contributed by atoms with Gasteiger partial charge in [0.1, 0.15) is 5.82 Å². The normalized spacial score (nSPS) is 18.9. The van der Waals surface area contributed by atoms with Gasteiger partial charge in [-0.15, -0.1) is 11.3 Å². The van der Waals surface area contributed by atoms with E-state index in [2.05, 4.69) is 6.92 Å². The summed E-state index contributed by atoms with van der Waals surface area (Å²) in [6.07, 6.45) is 3.53. The Balaban J connectivity index is 1.45. The van der Waals surface area contributed by atoms with Gasteiger partial charge in [-0.05, 0) is 43.7 Å². The van der Waals surface area contributed by atoms with Crippen LogP contribution in [0.4, 0.5) is 4.39 Å². The van der Waals surface area contributed by atoms with Gasteiger partial charge in [-0.2, -0.15) is 0 Å². The molecule has 2 amide bonds. The Bertz CT molecular complexity index is 928. The molecule has 2 fully saturated rings. The fraction of sp³-hybridized carbons (Fsp3) is 0.565. The summed E-state index contributed by atoms with van der Waals surface area (Å²) < 4.78 is 20.4. The molecule has 2 saturated heterocycles. The molecular weight excluding hydrogens is 403 g/mol. The third kappa shape index (κ3) is 4.10. The van der Waals surface area contributed by atoms with E-state index in [9.17, 15) is 14.0 Å². The number of nitrogens with zero attached hydrogens (tertiary/aromatic N) is 2.